The highest BCUT2D eigenvalue weighted by molar-refractivity contribution is 7.17. The van der Waals surface area contributed by atoms with Gasteiger partial charge in [0.2, 0.25) is 0 Å². The average molecular weight is 395 g/mol. The van der Waals surface area contributed by atoms with Gasteiger partial charge in [-0.1, -0.05) is 17.3 Å². The second-order valence-corrected chi connectivity index (χ2v) is 7.10. The molecule has 0 atom stereocenters. The van der Waals surface area contributed by atoms with Crippen LogP contribution in [-0.2, 0) is 12.7 Å². The number of thiazole rings is 1. The van der Waals surface area contributed by atoms with Crippen LogP contribution in [0.15, 0.2) is 34.9 Å². The van der Waals surface area contributed by atoms with Crippen LogP contribution in [-0.4, -0.2) is 28.0 Å². The van der Waals surface area contributed by atoms with Crippen LogP contribution >= 0.6 is 11.3 Å². The SMILES string of the molecule is Cc1cc(CN(C)C(=O)c2sc(-c3ccc(C(F)(F)F)cc3)nc2C)no1. The van der Waals surface area contributed by atoms with E-state index in [-0.39, 0.29) is 12.5 Å². The zero-order valence-corrected chi connectivity index (χ0v) is 15.6. The first kappa shape index (κ1) is 19.1. The van der Waals surface area contributed by atoms with Crippen LogP contribution in [0.5, 0.6) is 0 Å². The van der Waals surface area contributed by atoms with Crippen LogP contribution in [0.3, 0.4) is 0 Å². The number of carbonyl (C=O) groups is 1. The van der Waals surface area contributed by atoms with Crippen molar-refractivity contribution in [2.45, 2.75) is 26.6 Å². The number of aromatic nitrogens is 2. The second kappa shape index (κ2) is 7.15. The molecule has 1 aromatic carbocycles. The van der Waals surface area contributed by atoms with E-state index in [9.17, 15) is 18.0 Å². The summed E-state index contributed by atoms with van der Waals surface area (Å²) in [7, 11) is 1.64. The Kier molecular flexibility index (Phi) is 5.05. The molecule has 0 radical (unpaired) electrons. The number of hydrogen-bond donors (Lipinski definition) is 0. The molecule has 0 N–H and O–H groups in total. The minimum Gasteiger partial charge on any atom is -0.361 e. The number of carbonyl (C=O) groups excluding carboxylic acids is 1. The van der Waals surface area contributed by atoms with E-state index in [1.165, 1.54) is 17.0 Å². The lowest BCUT2D eigenvalue weighted by molar-refractivity contribution is -0.137. The van der Waals surface area contributed by atoms with E-state index < -0.39 is 11.7 Å². The molecule has 5 nitrogen and oxygen atoms in total. The van der Waals surface area contributed by atoms with Crippen LogP contribution in [0.25, 0.3) is 10.6 Å². The quantitative estimate of drug-likeness (QED) is 0.642. The first-order valence-electron chi connectivity index (χ1n) is 7.98. The van der Waals surface area contributed by atoms with Crippen molar-refractivity contribution in [3.05, 3.63) is 57.9 Å². The molecule has 0 aliphatic heterocycles. The van der Waals surface area contributed by atoms with Crippen LogP contribution in [0.2, 0.25) is 0 Å². The fourth-order valence-electron chi connectivity index (χ4n) is 2.50. The Morgan fingerprint density at radius 2 is 1.89 bits per heavy atom. The summed E-state index contributed by atoms with van der Waals surface area (Å²) in [5, 5.41) is 4.36. The van der Waals surface area contributed by atoms with Crippen molar-refractivity contribution in [3.8, 4) is 10.6 Å². The van der Waals surface area contributed by atoms with Gasteiger partial charge < -0.3 is 9.42 Å². The van der Waals surface area contributed by atoms with Crippen molar-refractivity contribution >= 4 is 17.2 Å². The second-order valence-electron chi connectivity index (χ2n) is 6.10. The van der Waals surface area contributed by atoms with E-state index in [1.54, 1.807) is 27.0 Å². The fourth-order valence-corrected chi connectivity index (χ4v) is 3.57. The van der Waals surface area contributed by atoms with E-state index >= 15 is 0 Å². The van der Waals surface area contributed by atoms with Crippen molar-refractivity contribution < 1.29 is 22.5 Å². The summed E-state index contributed by atoms with van der Waals surface area (Å²) in [6, 6.07) is 6.48. The maximum Gasteiger partial charge on any atom is 0.416 e. The van der Waals surface area contributed by atoms with Gasteiger partial charge in [0.15, 0.2) is 0 Å². The molecule has 9 heteroatoms. The third kappa shape index (κ3) is 4.19. The number of nitrogens with zero attached hydrogens (tertiary/aromatic N) is 3. The van der Waals surface area contributed by atoms with Gasteiger partial charge in [-0.2, -0.15) is 13.2 Å². The first-order valence-corrected chi connectivity index (χ1v) is 8.79. The topological polar surface area (TPSA) is 59.2 Å². The summed E-state index contributed by atoms with van der Waals surface area (Å²) >= 11 is 1.15. The highest BCUT2D eigenvalue weighted by Gasteiger charge is 2.30. The molecule has 2 aromatic heterocycles. The molecule has 0 fully saturated rings. The number of aryl methyl sites for hydroxylation is 2. The molecule has 3 rings (SSSR count). The van der Waals surface area contributed by atoms with Crippen LogP contribution < -0.4 is 0 Å². The third-order valence-electron chi connectivity index (χ3n) is 3.87. The Bertz CT molecular complexity index is 961. The highest BCUT2D eigenvalue weighted by atomic mass is 32.1. The normalized spacial score (nSPS) is 11.6. The fraction of sp³-hybridized carbons (Fsp3) is 0.278. The molecule has 0 bridgehead atoms. The summed E-state index contributed by atoms with van der Waals surface area (Å²) in [6.45, 7) is 3.75. The van der Waals surface area contributed by atoms with Gasteiger partial charge in [0.1, 0.15) is 21.3 Å². The van der Waals surface area contributed by atoms with Gasteiger partial charge in [-0.05, 0) is 26.0 Å². The summed E-state index contributed by atoms with van der Waals surface area (Å²) in [4.78, 5) is 19.0. The number of hydrogen-bond acceptors (Lipinski definition) is 5. The van der Waals surface area contributed by atoms with E-state index in [1.807, 2.05) is 0 Å². The van der Waals surface area contributed by atoms with Crippen molar-refractivity contribution in [1.29, 1.82) is 0 Å². The predicted octanol–water partition coefficient (Wildman–Crippen LogP) is 4.71. The van der Waals surface area contributed by atoms with E-state index in [0.29, 0.717) is 32.6 Å². The summed E-state index contributed by atoms with van der Waals surface area (Å²) in [5.41, 5.74) is 0.972. The maximum atomic E-state index is 12.7. The third-order valence-corrected chi connectivity index (χ3v) is 5.07. The number of benzene rings is 1. The first-order chi connectivity index (χ1) is 12.6. The minimum absolute atomic E-state index is 0.233. The molecular weight excluding hydrogens is 379 g/mol. The van der Waals surface area contributed by atoms with Gasteiger partial charge in [0.25, 0.3) is 5.91 Å². The number of amides is 1. The van der Waals surface area contributed by atoms with Crippen LogP contribution in [0, 0.1) is 13.8 Å². The van der Waals surface area contributed by atoms with Crippen LogP contribution in [0.4, 0.5) is 13.2 Å². The summed E-state index contributed by atoms with van der Waals surface area (Å²) < 4.78 is 43.1. The van der Waals surface area contributed by atoms with Gasteiger partial charge >= 0.3 is 6.18 Å². The highest BCUT2D eigenvalue weighted by Crippen LogP contribution is 2.33. The lowest BCUT2D eigenvalue weighted by Crippen LogP contribution is -2.26. The zero-order chi connectivity index (χ0) is 19.8. The van der Waals surface area contributed by atoms with Crippen molar-refractivity contribution in [1.82, 2.24) is 15.0 Å². The standard InChI is InChI=1S/C18H16F3N3O2S/c1-10-8-14(23-26-10)9-24(3)17(25)15-11(2)22-16(27-15)12-4-6-13(7-5-12)18(19,20)21/h4-8H,9H2,1-3H3. The zero-order valence-electron chi connectivity index (χ0n) is 14.8. The largest absolute Gasteiger partial charge is 0.416 e. The molecule has 0 aliphatic carbocycles. The van der Waals surface area contributed by atoms with E-state index in [4.69, 9.17) is 4.52 Å². The van der Waals surface area contributed by atoms with Gasteiger partial charge in [-0.15, -0.1) is 11.3 Å². The predicted molar refractivity (Wildman–Crippen MR) is 94.3 cm³/mol. The van der Waals surface area contributed by atoms with Gasteiger partial charge in [-0.25, -0.2) is 4.98 Å². The average Bonchev–Trinajstić information content (AvgIpc) is 3.19. The summed E-state index contributed by atoms with van der Waals surface area (Å²) in [5.74, 6) is 0.424. The molecule has 0 saturated heterocycles. The monoisotopic (exact) mass is 395 g/mol. The number of rotatable bonds is 4. The molecule has 2 heterocycles. The molecule has 0 aliphatic rings. The lowest BCUT2D eigenvalue weighted by Gasteiger charge is -2.14. The molecule has 142 valence electrons. The molecule has 3 aromatic rings. The molecular formula is C18H16F3N3O2S. The molecule has 1 amide bonds. The molecule has 0 spiro atoms. The maximum absolute atomic E-state index is 12.7. The minimum atomic E-state index is -4.39. The smallest absolute Gasteiger partial charge is 0.361 e. The number of halogens is 3. The van der Waals surface area contributed by atoms with Gasteiger partial charge in [-0.3, -0.25) is 4.79 Å². The van der Waals surface area contributed by atoms with Gasteiger partial charge in [0, 0.05) is 18.7 Å². The Morgan fingerprint density at radius 3 is 2.44 bits per heavy atom. The Labute approximate surface area is 157 Å². The molecule has 27 heavy (non-hydrogen) atoms. The van der Waals surface area contributed by atoms with Crippen molar-refractivity contribution in [2.75, 3.05) is 7.05 Å². The van der Waals surface area contributed by atoms with E-state index in [2.05, 4.69) is 10.1 Å². The number of alkyl halides is 3. The lowest BCUT2D eigenvalue weighted by atomic mass is 10.1. The Morgan fingerprint density at radius 1 is 1.22 bits per heavy atom. The van der Waals surface area contributed by atoms with Crippen LogP contribution in [0.1, 0.15) is 32.4 Å². The molecule has 0 saturated carbocycles. The molecule has 0 unspecified atom stereocenters. The summed E-state index contributed by atoms with van der Waals surface area (Å²) in [6.07, 6.45) is -4.39. The van der Waals surface area contributed by atoms with Gasteiger partial charge in [0.05, 0.1) is 17.8 Å². The van der Waals surface area contributed by atoms with Crippen molar-refractivity contribution in [2.24, 2.45) is 0 Å². The van der Waals surface area contributed by atoms with E-state index in [0.717, 1.165) is 23.5 Å². The van der Waals surface area contributed by atoms with Crippen molar-refractivity contribution in [3.63, 3.8) is 0 Å². The Balaban J connectivity index is 1.80. The Hall–Kier alpha value is -2.68.